The van der Waals surface area contributed by atoms with Gasteiger partial charge in [-0.2, -0.15) is 0 Å². The SMILES string of the molecule is COc1cccc(NC(=O)CSc2nnc(C34CC5CC(CC(C5)C3)C4)o2)c1. The summed E-state index contributed by atoms with van der Waals surface area (Å²) in [6, 6.07) is 7.31. The third-order valence-corrected chi connectivity index (χ3v) is 7.40. The molecule has 2 aromatic rings. The molecular weight excluding hydrogens is 374 g/mol. The number of ether oxygens (including phenoxy) is 1. The molecule has 1 aromatic heterocycles. The zero-order valence-electron chi connectivity index (χ0n) is 16.0. The number of carbonyl (C=O) groups excluding carboxylic acids is 1. The first-order valence-corrected chi connectivity index (χ1v) is 11.0. The number of rotatable bonds is 6. The van der Waals surface area contributed by atoms with Crippen molar-refractivity contribution in [1.29, 1.82) is 0 Å². The Balaban J connectivity index is 1.21. The van der Waals surface area contributed by atoms with Crippen molar-refractivity contribution in [3.63, 3.8) is 0 Å². The van der Waals surface area contributed by atoms with Crippen LogP contribution < -0.4 is 10.1 Å². The second-order valence-electron chi connectivity index (χ2n) is 8.64. The number of hydrogen-bond donors (Lipinski definition) is 1. The largest absolute Gasteiger partial charge is 0.497 e. The lowest BCUT2D eigenvalue weighted by molar-refractivity contribution is -0.113. The van der Waals surface area contributed by atoms with Gasteiger partial charge in [-0.3, -0.25) is 4.79 Å². The van der Waals surface area contributed by atoms with Crippen LogP contribution in [0.4, 0.5) is 5.69 Å². The quantitative estimate of drug-likeness (QED) is 0.731. The van der Waals surface area contributed by atoms with Gasteiger partial charge in [0.1, 0.15) is 5.75 Å². The smallest absolute Gasteiger partial charge is 0.277 e. The molecule has 6 rings (SSSR count). The van der Waals surface area contributed by atoms with Gasteiger partial charge in [0.05, 0.1) is 12.9 Å². The summed E-state index contributed by atoms with van der Waals surface area (Å²) < 4.78 is 11.2. The number of nitrogens with one attached hydrogen (secondary N) is 1. The third kappa shape index (κ3) is 3.41. The molecule has 6 nitrogen and oxygen atoms in total. The summed E-state index contributed by atoms with van der Waals surface area (Å²) in [4.78, 5) is 12.3. The van der Waals surface area contributed by atoms with Crippen LogP contribution in [-0.2, 0) is 10.2 Å². The third-order valence-electron chi connectivity index (χ3n) is 6.58. The second kappa shape index (κ2) is 7.10. The van der Waals surface area contributed by atoms with E-state index in [0.29, 0.717) is 16.7 Å². The van der Waals surface area contributed by atoms with Crippen molar-refractivity contribution in [3.8, 4) is 5.75 Å². The van der Waals surface area contributed by atoms with Crippen molar-refractivity contribution in [3.05, 3.63) is 30.2 Å². The van der Waals surface area contributed by atoms with Crippen molar-refractivity contribution in [2.75, 3.05) is 18.2 Å². The van der Waals surface area contributed by atoms with E-state index in [1.807, 2.05) is 18.2 Å². The van der Waals surface area contributed by atoms with Gasteiger partial charge in [-0.15, -0.1) is 10.2 Å². The Kier molecular flexibility index (Phi) is 4.57. The monoisotopic (exact) mass is 399 g/mol. The van der Waals surface area contributed by atoms with Crippen LogP contribution in [0.3, 0.4) is 0 Å². The fourth-order valence-corrected chi connectivity index (χ4v) is 6.44. The summed E-state index contributed by atoms with van der Waals surface area (Å²) in [6.45, 7) is 0. The van der Waals surface area contributed by atoms with Crippen molar-refractivity contribution in [2.45, 2.75) is 49.2 Å². The fraction of sp³-hybridized carbons (Fsp3) is 0.571. The van der Waals surface area contributed by atoms with Crippen molar-refractivity contribution >= 4 is 23.4 Å². The molecule has 4 aliphatic carbocycles. The molecule has 1 amide bonds. The minimum atomic E-state index is -0.104. The Bertz CT molecular complexity index is 846. The van der Waals surface area contributed by atoms with Crippen LogP contribution >= 0.6 is 11.8 Å². The van der Waals surface area contributed by atoms with Gasteiger partial charge in [0.25, 0.3) is 5.22 Å². The highest BCUT2D eigenvalue weighted by atomic mass is 32.2. The lowest BCUT2D eigenvalue weighted by Crippen LogP contribution is -2.48. The Morgan fingerprint density at radius 3 is 2.61 bits per heavy atom. The van der Waals surface area contributed by atoms with E-state index in [9.17, 15) is 4.79 Å². The van der Waals surface area contributed by atoms with E-state index in [-0.39, 0.29) is 17.1 Å². The van der Waals surface area contributed by atoms with Crippen LogP contribution in [0, 0.1) is 17.8 Å². The number of methoxy groups -OCH3 is 1. The Hall–Kier alpha value is -2.02. The van der Waals surface area contributed by atoms with E-state index in [0.717, 1.165) is 23.6 Å². The number of thioether (sulfide) groups is 1. The molecule has 0 atom stereocenters. The minimum absolute atomic E-state index is 0.101. The second-order valence-corrected chi connectivity index (χ2v) is 9.57. The number of hydrogen-bond acceptors (Lipinski definition) is 6. The molecule has 4 bridgehead atoms. The Morgan fingerprint density at radius 2 is 1.93 bits per heavy atom. The van der Waals surface area contributed by atoms with Gasteiger partial charge in [-0.1, -0.05) is 17.8 Å². The van der Waals surface area contributed by atoms with Crippen molar-refractivity contribution < 1.29 is 13.9 Å². The summed E-state index contributed by atoms with van der Waals surface area (Å²) in [5, 5.41) is 12.0. The number of amides is 1. The van der Waals surface area contributed by atoms with E-state index in [2.05, 4.69) is 15.5 Å². The van der Waals surface area contributed by atoms with Gasteiger partial charge < -0.3 is 14.5 Å². The van der Waals surface area contributed by atoms with Gasteiger partial charge in [0, 0.05) is 17.2 Å². The molecule has 1 heterocycles. The van der Waals surface area contributed by atoms with Gasteiger partial charge in [0.2, 0.25) is 11.8 Å². The summed E-state index contributed by atoms with van der Waals surface area (Å²) in [5.41, 5.74) is 0.813. The highest BCUT2D eigenvalue weighted by Gasteiger charge is 2.54. The number of carbonyl (C=O) groups is 1. The van der Waals surface area contributed by atoms with E-state index in [1.165, 1.54) is 50.3 Å². The zero-order chi connectivity index (χ0) is 19.1. The van der Waals surface area contributed by atoms with Gasteiger partial charge >= 0.3 is 0 Å². The van der Waals surface area contributed by atoms with Crippen LogP contribution in [0.5, 0.6) is 5.75 Å². The highest BCUT2D eigenvalue weighted by Crippen LogP contribution is 2.60. The van der Waals surface area contributed by atoms with Gasteiger partial charge in [0.15, 0.2) is 0 Å². The maximum atomic E-state index is 12.3. The summed E-state index contributed by atoms with van der Waals surface area (Å²) in [5.74, 6) is 4.16. The molecule has 28 heavy (non-hydrogen) atoms. The molecule has 1 N–H and O–H groups in total. The predicted octanol–water partition coefficient (Wildman–Crippen LogP) is 4.28. The van der Waals surface area contributed by atoms with E-state index < -0.39 is 0 Å². The first-order valence-electron chi connectivity index (χ1n) is 10.0. The number of anilines is 1. The van der Waals surface area contributed by atoms with Crippen LogP contribution in [-0.4, -0.2) is 29.0 Å². The molecule has 0 saturated heterocycles. The molecular formula is C21H25N3O3S. The average Bonchev–Trinajstić information content (AvgIpc) is 3.15. The lowest BCUT2D eigenvalue weighted by atomic mass is 9.49. The molecule has 4 fully saturated rings. The normalized spacial score (nSPS) is 30.4. The maximum Gasteiger partial charge on any atom is 0.277 e. The maximum absolute atomic E-state index is 12.3. The zero-order valence-corrected chi connectivity index (χ0v) is 16.8. The summed E-state index contributed by atoms with van der Waals surface area (Å²) in [6.07, 6.45) is 7.75. The molecule has 7 heteroatoms. The molecule has 4 saturated carbocycles. The minimum Gasteiger partial charge on any atom is -0.497 e. The average molecular weight is 400 g/mol. The molecule has 0 unspecified atom stereocenters. The van der Waals surface area contributed by atoms with Gasteiger partial charge in [-0.05, 0) is 68.4 Å². The molecule has 1 aromatic carbocycles. The molecule has 0 aliphatic heterocycles. The number of nitrogens with zero attached hydrogens (tertiary/aromatic N) is 2. The molecule has 0 radical (unpaired) electrons. The first kappa shape index (κ1) is 18.0. The fourth-order valence-electron chi connectivity index (χ4n) is 5.88. The van der Waals surface area contributed by atoms with E-state index >= 15 is 0 Å². The van der Waals surface area contributed by atoms with Gasteiger partial charge in [-0.25, -0.2) is 0 Å². The Labute approximate surface area is 168 Å². The topological polar surface area (TPSA) is 77.2 Å². The van der Waals surface area contributed by atoms with Crippen LogP contribution in [0.25, 0.3) is 0 Å². The molecule has 148 valence electrons. The number of benzene rings is 1. The van der Waals surface area contributed by atoms with Crippen LogP contribution in [0.1, 0.15) is 44.4 Å². The van der Waals surface area contributed by atoms with Crippen molar-refractivity contribution in [1.82, 2.24) is 10.2 Å². The summed E-state index contributed by atoms with van der Waals surface area (Å²) >= 11 is 1.30. The molecule has 0 spiro atoms. The Morgan fingerprint density at radius 1 is 1.21 bits per heavy atom. The number of aromatic nitrogens is 2. The first-order chi connectivity index (χ1) is 13.6. The predicted molar refractivity (Wildman–Crippen MR) is 106 cm³/mol. The standard InChI is InChI=1S/C21H25N3O3S/c1-26-17-4-2-3-16(8-17)22-18(25)12-28-20-24-23-19(27-20)21-9-13-5-14(10-21)7-15(6-13)11-21/h2-4,8,13-15H,5-7,9-12H2,1H3,(H,22,25). The van der Waals surface area contributed by atoms with E-state index in [1.54, 1.807) is 13.2 Å². The lowest BCUT2D eigenvalue weighted by Gasteiger charge is -2.55. The van der Waals surface area contributed by atoms with Crippen LogP contribution in [0.15, 0.2) is 33.9 Å². The van der Waals surface area contributed by atoms with Crippen molar-refractivity contribution in [2.24, 2.45) is 17.8 Å². The van der Waals surface area contributed by atoms with Crippen LogP contribution in [0.2, 0.25) is 0 Å². The van der Waals surface area contributed by atoms with E-state index in [4.69, 9.17) is 9.15 Å². The summed E-state index contributed by atoms with van der Waals surface area (Å²) in [7, 11) is 1.60. The molecule has 4 aliphatic rings. The highest BCUT2D eigenvalue weighted by molar-refractivity contribution is 7.99.